The van der Waals surface area contributed by atoms with Crippen molar-refractivity contribution in [3.8, 4) is 17.2 Å². The molecule has 2 N–H and O–H groups in total. The average molecular weight is 289 g/mol. The number of nitrogens with zero attached hydrogens (tertiary/aromatic N) is 2. The van der Waals surface area contributed by atoms with E-state index in [1.165, 1.54) is 10.7 Å². The van der Waals surface area contributed by atoms with Gasteiger partial charge in [-0.3, -0.25) is 4.79 Å². The van der Waals surface area contributed by atoms with Crippen molar-refractivity contribution in [2.24, 2.45) is 0 Å². The van der Waals surface area contributed by atoms with Crippen LogP contribution in [0.2, 0.25) is 0 Å². The molecule has 0 unspecified atom stereocenters. The zero-order valence-corrected chi connectivity index (χ0v) is 12.2. The minimum absolute atomic E-state index is 0.0895. The Labute approximate surface area is 123 Å². The van der Waals surface area contributed by atoms with Crippen molar-refractivity contribution in [2.45, 2.75) is 19.9 Å². The molecule has 112 valence electrons. The lowest BCUT2D eigenvalue weighted by molar-refractivity contribution is 0.414. The highest BCUT2D eigenvalue weighted by molar-refractivity contribution is 5.37. The largest absolute Gasteiger partial charge is 0.506 e. The number of rotatable bonds is 6. The summed E-state index contributed by atoms with van der Waals surface area (Å²) < 4.78 is 6.35. The zero-order chi connectivity index (χ0) is 15.2. The topological polar surface area (TPSA) is 76.4 Å². The molecule has 0 aliphatic carbocycles. The van der Waals surface area contributed by atoms with E-state index in [0.29, 0.717) is 23.7 Å². The van der Waals surface area contributed by atoms with Gasteiger partial charge in [-0.25, -0.2) is 0 Å². The molecule has 6 nitrogen and oxygen atoms in total. The maximum absolute atomic E-state index is 12.0. The van der Waals surface area contributed by atoms with Gasteiger partial charge in [-0.1, -0.05) is 6.92 Å². The summed E-state index contributed by atoms with van der Waals surface area (Å²) in [6.45, 7) is 3.29. The predicted octanol–water partition coefficient (Wildman–Crippen LogP) is 1.45. The van der Waals surface area contributed by atoms with Crippen LogP contribution in [0.3, 0.4) is 0 Å². The van der Waals surface area contributed by atoms with E-state index >= 15 is 0 Å². The van der Waals surface area contributed by atoms with E-state index in [1.54, 1.807) is 31.4 Å². The molecule has 2 aromatic rings. The third-order valence-electron chi connectivity index (χ3n) is 3.02. The molecule has 1 aromatic heterocycles. The van der Waals surface area contributed by atoms with Gasteiger partial charge >= 0.3 is 0 Å². The first-order valence-corrected chi connectivity index (χ1v) is 6.83. The standard InChI is InChI=1S/C15H19N3O3/c1-3-8-16-10-13-14(19)9-15(20)18(17-13)11-4-6-12(21-2)7-5-11/h4-7,9,16,19H,3,8,10H2,1-2H3. The lowest BCUT2D eigenvalue weighted by Crippen LogP contribution is -2.24. The average Bonchev–Trinajstić information content (AvgIpc) is 2.50. The number of ether oxygens (including phenoxy) is 1. The molecular formula is C15H19N3O3. The SMILES string of the molecule is CCCNCc1nn(-c2ccc(OC)cc2)c(=O)cc1O. The third kappa shape index (κ3) is 3.61. The molecular weight excluding hydrogens is 270 g/mol. The van der Waals surface area contributed by atoms with Crippen LogP contribution in [0, 0.1) is 0 Å². The zero-order valence-electron chi connectivity index (χ0n) is 12.2. The van der Waals surface area contributed by atoms with E-state index in [9.17, 15) is 9.90 Å². The summed E-state index contributed by atoms with van der Waals surface area (Å²) in [4.78, 5) is 12.0. The maximum Gasteiger partial charge on any atom is 0.275 e. The summed E-state index contributed by atoms with van der Waals surface area (Å²) in [5, 5.41) is 17.2. The number of hydrogen-bond donors (Lipinski definition) is 2. The number of methoxy groups -OCH3 is 1. The van der Waals surface area contributed by atoms with Gasteiger partial charge in [0.15, 0.2) is 0 Å². The van der Waals surface area contributed by atoms with E-state index < -0.39 is 0 Å². The van der Waals surface area contributed by atoms with Crippen LogP contribution in [0.5, 0.6) is 11.5 Å². The van der Waals surface area contributed by atoms with Crippen molar-refractivity contribution in [3.05, 3.63) is 46.4 Å². The first-order chi connectivity index (χ1) is 10.2. The van der Waals surface area contributed by atoms with Gasteiger partial charge in [0.05, 0.1) is 12.8 Å². The summed E-state index contributed by atoms with van der Waals surface area (Å²) >= 11 is 0. The van der Waals surface area contributed by atoms with Gasteiger partial charge in [-0.2, -0.15) is 9.78 Å². The van der Waals surface area contributed by atoms with Gasteiger partial charge in [0, 0.05) is 12.6 Å². The number of benzene rings is 1. The Morgan fingerprint density at radius 1 is 1.33 bits per heavy atom. The van der Waals surface area contributed by atoms with Crippen molar-refractivity contribution < 1.29 is 9.84 Å². The lowest BCUT2D eigenvalue weighted by Gasteiger charge is -2.10. The number of aromatic nitrogens is 2. The lowest BCUT2D eigenvalue weighted by atomic mass is 10.3. The molecule has 0 saturated carbocycles. The summed E-state index contributed by atoms with van der Waals surface area (Å²) in [5.74, 6) is 0.615. The molecule has 21 heavy (non-hydrogen) atoms. The molecule has 0 bridgehead atoms. The van der Waals surface area contributed by atoms with Crippen molar-refractivity contribution in [1.29, 1.82) is 0 Å². The monoisotopic (exact) mass is 289 g/mol. The molecule has 0 saturated heterocycles. The number of hydrogen-bond acceptors (Lipinski definition) is 5. The molecule has 0 aliphatic heterocycles. The quantitative estimate of drug-likeness (QED) is 0.787. The Hall–Kier alpha value is -2.34. The highest BCUT2D eigenvalue weighted by atomic mass is 16.5. The molecule has 0 aliphatic rings. The van der Waals surface area contributed by atoms with E-state index in [4.69, 9.17) is 4.74 Å². The Morgan fingerprint density at radius 2 is 2.05 bits per heavy atom. The number of aromatic hydroxyl groups is 1. The molecule has 0 fully saturated rings. The van der Waals surface area contributed by atoms with Crippen molar-refractivity contribution in [2.75, 3.05) is 13.7 Å². The van der Waals surface area contributed by atoms with E-state index in [1.807, 2.05) is 0 Å². The fourth-order valence-electron chi connectivity index (χ4n) is 1.90. The first-order valence-electron chi connectivity index (χ1n) is 6.83. The third-order valence-corrected chi connectivity index (χ3v) is 3.02. The fourth-order valence-corrected chi connectivity index (χ4v) is 1.90. The van der Waals surface area contributed by atoms with Crippen LogP contribution in [0.25, 0.3) is 5.69 Å². The van der Waals surface area contributed by atoms with Crippen LogP contribution in [0.1, 0.15) is 19.0 Å². The summed E-state index contributed by atoms with van der Waals surface area (Å²) in [6, 6.07) is 8.18. The van der Waals surface area contributed by atoms with Gasteiger partial charge in [-0.15, -0.1) is 0 Å². The van der Waals surface area contributed by atoms with Crippen LogP contribution < -0.4 is 15.6 Å². The van der Waals surface area contributed by atoms with E-state index in [2.05, 4.69) is 17.3 Å². The second-order valence-electron chi connectivity index (χ2n) is 4.60. The van der Waals surface area contributed by atoms with Crippen LogP contribution >= 0.6 is 0 Å². The smallest absolute Gasteiger partial charge is 0.275 e. The molecule has 2 rings (SSSR count). The molecule has 0 amide bonds. The minimum Gasteiger partial charge on any atom is -0.506 e. The van der Waals surface area contributed by atoms with Crippen molar-refractivity contribution in [1.82, 2.24) is 15.1 Å². The minimum atomic E-state index is -0.378. The summed E-state index contributed by atoms with van der Waals surface area (Å²) in [7, 11) is 1.58. The van der Waals surface area contributed by atoms with Crippen molar-refractivity contribution >= 4 is 0 Å². The van der Waals surface area contributed by atoms with E-state index in [-0.39, 0.29) is 11.3 Å². The van der Waals surface area contributed by atoms with Gasteiger partial charge < -0.3 is 15.2 Å². The van der Waals surface area contributed by atoms with Crippen LogP contribution in [-0.4, -0.2) is 28.5 Å². The fraction of sp³-hybridized carbons (Fsp3) is 0.333. The molecule has 6 heteroatoms. The van der Waals surface area contributed by atoms with Crippen LogP contribution in [-0.2, 0) is 6.54 Å². The summed E-state index contributed by atoms with van der Waals surface area (Å²) in [6.07, 6.45) is 0.985. The van der Waals surface area contributed by atoms with Gasteiger partial charge in [0.1, 0.15) is 17.2 Å². The highest BCUT2D eigenvalue weighted by Gasteiger charge is 2.09. The Bertz CT molecular complexity index is 650. The van der Waals surface area contributed by atoms with Crippen LogP contribution in [0.15, 0.2) is 35.1 Å². The van der Waals surface area contributed by atoms with Gasteiger partial charge in [0.2, 0.25) is 0 Å². The first kappa shape index (κ1) is 15.1. The second-order valence-corrected chi connectivity index (χ2v) is 4.60. The Morgan fingerprint density at radius 3 is 2.67 bits per heavy atom. The predicted molar refractivity (Wildman–Crippen MR) is 80.0 cm³/mol. The van der Waals surface area contributed by atoms with Gasteiger partial charge in [-0.05, 0) is 37.2 Å². The second kappa shape index (κ2) is 6.90. The Balaban J connectivity index is 2.33. The molecule has 0 radical (unpaired) electrons. The van der Waals surface area contributed by atoms with E-state index in [0.717, 1.165) is 13.0 Å². The maximum atomic E-state index is 12.0. The molecule has 0 spiro atoms. The van der Waals surface area contributed by atoms with Crippen LogP contribution in [0.4, 0.5) is 0 Å². The molecule has 1 aromatic carbocycles. The van der Waals surface area contributed by atoms with Gasteiger partial charge in [0.25, 0.3) is 5.56 Å². The summed E-state index contributed by atoms with van der Waals surface area (Å²) in [5.41, 5.74) is 0.688. The molecule has 0 atom stereocenters. The normalized spacial score (nSPS) is 10.6. The van der Waals surface area contributed by atoms with Crippen molar-refractivity contribution in [3.63, 3.8) is 0 Å². The number of nitrogens with one attached hydrogen (secondary N) is 1. The molecule has 1 heterocycles. The highest BCUT2D eigenvalue weighted by Crippen LogP contribution is 2.15. The Kier molecular flexibility index (Phi) is 4.94.